The van der Waals surface area contributed by atoms with Crippen LogP contribution in [0.25, 0.3) is 46.4 Å². The van der Waals surface area contributed by atoms with Gasteiger partial charge in [-0.25, -0.2) is 54.3 Å². The molecule has 4 aromatic carbocycles. The molecule has 28 nitrogen and oxygen atoms in total. The number of fused-ring (bicyclic) bond motifs is 4. The van der Waals surface area contributed by atoms with Gasteiger partial charge in [0.25, 0.3) is 0 Å². The molecule has 0 spiro atoms. The minimum absolute atomic E-state index is 0. The molecule has 144 heavy (non-hydrogen) atoms. The van der Waals surface area contributed by atoms with Crippen LogP contribution in [0.3, 0.4) is 0 Å². The van der Waals surface area contributed by atoms with Gasteiger partial charge in [-0.2, -0.15) is 0 Å². The number of thiazole rings is 4. The summed E-state index contributed by atoms with van der Waals surface area (Å²) < 4.78 is 59.1. The summed E-state index contributed by atoms with van der Waals surface area (Å²) in [4.78, 5) is 78.5. The standard InChI is InChI=1S/C26H32N4O3S.C26H30N4O3S.C22H25N3OS.C16H28BNO4.C16H14BrN3OS.CH4O.CH3.ClH.Pd/c2*1-26(2,3)33-25(31)30-13-10-17(11-14-30)20-7-6-12-27-23(20)32-19-15-18(16-19)28-24-29-21-8-4-5-9-22(21)34-24;1-2-7-15(8-3-1)18-9-6-12-23-21(18)26-17-13-16(14-17)24-22-25-19-10-4-5-11-20(19)27-22;1-14(2,3)20-13(19)18-10-8-12(9-11-18)17-21-15(4,5)16(6,7)22-17;17-12-4-3-7-18-15(12)21-11-8-10(9-11)19-16-20-13-5-1-2-6-14(13)22-16;1-2;;;/h4-9,12,17-19H,10-11,13-16H2,1-3H3,(H,28,29);4-10,12,18-19H,11,13-16H2,1-3H3,(H,28,29);4-6,9-12,15-17H,1-3,7-8,13-14H2,(H,24,25);8H,9-11H2,1-7H3;1-7,10-11H,8-9H2,(H,19,20);2H,1H3;1H3;1H;/q;;;;;;-1;;. The molecule has 21 rings (SSSR count). The van der Waals surface area contributed by atoms with Crippen LogP contribution in [0.2, 0.25) is 0 Å². The summed E-state index contributed by atoms with van der Waals surface area (Å²) in [6, 6.07) is 50.7. The molecule has 0 radical (unpaired) electrons. The van der Waals surface area contributed by atoms with Gasteiger partial charge < -0.3 is 91.0 Å². The number of nitrogens with one attached hydrogen (secondary N) is 4. The number of anilines is 4. The van der Waals surface area contributed by atoms with E-state index in [9.17, 15) is 14.4 Å². The van der Waals surface area contributed by atoms with E-state index in [-0.39, 0.29) is 101 Å². The predicted molar refractivity (Wildman–Crippen MR) is 582 cm³/mol. The molecule has 0 bridgehead atoms. The molecule has 5 saturated carbocycles. The van der Waals surface area contributed by atoms with Crippen LogP contribution in [0, 0.1) is 7.43 Å². The van der Waals surface area contributed by atoms with Gasteiger partial charge in [0.2, 0.25) is 23.5 Å². The fraction of sp³-hybridized carbons (Fsp3) is 0.481. The number of aliphatic hydroxyl groups excluding tert-OH is 1. The van der Waals surface area contributed by atoms with Crippen molar-refractivity contribution in [3.05, 3.63) is 217 Å². The SMILES string of the molecule is Brc1cccnc1OC1CC(Nc2nc3ccccc3s2)C1.CC(C)(C)OC(=O)N1CC=C(B2OC(C)(C)C(C)(C)O2)CC1.CC(C)(C)OC(=O)N1CC=C(c2cccnc2OC2CC(Nc3nc4ccccc4s3)C2)CC1.CC(C)(C)OC(=O)N1CCC(c2cccnc2OC2CC(Nc3nc4ccccc4s3)C2)CC1.CO.Cl.[CH3-].[Pd].c1cnc(OC2CC(Nc3nc4ccccc4s3)C2)c(C2CCCCC2)c1. The van der Waals surface area contributed by atoms with Crippen LogP contribution in [0.1, 0.15) is 228 Å². The molecular weight excluding hydrogens is 2080 g/mol. The molecule has 2 saturated heterocycles. The number of piperidine rings is 1. The maximum Gasteiger partial charge on any atom is 0.490 e. The average Bonchev–Trinajstić information content (AvgIpc) is 1.62. The molecule has 0 atom stereocenters. The van der Waals surface area contributed by atoms with Gasteiger partial charge >= 0.3 is 25.4 Å². The number of ether oxygens (including phenoxy) is 7. The Hall–Kier alpha value is -9.89. The monoisotopic (exact) mass is 2210 g/mol. The number of rotatable bonds is 20. The fourth-order valence-electron chi connectivity index (χ4n) is 17.9. The van der Waals surface area contributed by atoms with E-state index in [4.69, 9.17) is 47.6 Å². The average molecular weight is 2210 g/mol. The van der Waals surface area contributed by atoms with Crippen molar-refractivity contribution < 1.29 is 82.4 Å². The van der Waals surface area contributed by atoms with Crippen LogP contribution in [0.4, 0.5) is 34.9 Å². The van der Waals surface area contributed by atoms with E-state index in [0.717, 1.165) is 165 Å². The number of nitrogens with zero attached hydrogens (tertiary/aromatic N) is 11. The third-order valence-electron chi connectivity index (χ3n) is 26.4. The number of hydrogen-bond acceptors (Lipinski definition) is 29. The van der Waals surface area contributed by atoms with Gasteiger partial charge in [-0.3, -0.25) is 0 Å². The number of benzene rings is 4. The predicted octanol–water partition coefficient (Wildman–Crippen LogP) is 25.5. The Morgan fingerprint density at radius 1 is 0.417 bits per heavy atom. The normalized spacial score (nSPS) is 21.1. The van der Waals surface area contributed by atoms with Gasteiger partial charge in [0.1, 0.15) is 41.2 Å². The topological polar surface area (TPSA) is 315 Å². The Balaban J connectivity index is 0.000000151. The van der Waals surface area contributed by atoms with Gasteiger partial charge in [0, 0.05) is 184 Å². The molecule has 5 aliphatic carbocycles. The zero-order valence-electron chi connectivity index (χ0n) is 84.9. The van der Waals surface area contributed by atoms with E-state index in [1.165, 1.54) is 56.5 Å². The molecular formula is C108H137BBrClN15O13PdS4-. The van der Waals surface area contributed by atoms with Crippen molar-refractivity contribution in [2.75, 3.05) is 67.6 Å². The van der Waals surface area contributed by atoms with Crippen molar-refractivity contribution in [2.45, 2.75) is 288 Å². The second-order valence-electron chi connectivity index (χ2n) is 41.1. The van der Waals surface area contributed by atoms with Crippen molar-refractivity contribution in [1.82, 2.24) is 54.6 Å². The first-order valence-corrected chi connectivity index (χ1v) is 53.5. The maximum atomic E-state index is 12.4. The minimum atomic E-state index is -0.492. The Kier molecular flexibility index (Phi) is 38.8. The van der Waals surface area contributed by atoms with E-state index in [2.05, 4.69) is 138 Å². The number of pyridine rings is 4. The van der Waals surface area contributed by atoms with E-state index in [0.29, 0.717) is 87.0 Å². The molecule has 7 fully saturated rings. The third kappa shape index (κ3) is 30.2. The van der Waals surface area contributed by atoms with E-state index < -0.39 is 16.8 Å². The Morgan fingerprint density at radius 3 is 1.10 bits per heavy atom. The number of hydrogen-bond donors (Lipinski definition) is 5. The van der Waals surface area contributed by atoms with Gasteiger partial charge in [0.15, 0.2) is 20.5 Å². The van der Waals surface area contributed by atoms with Gasteiger partial charge in [-0.1, -0.05) is 137 Å². The second-order valence-corrected chi connectivity index (χ2v) is 46.1. The van der Waals surface area contributed by atoms with Crippen LogP contribution >= 0.6 is 73.7 Å². The van der Waals surface area contributed by atoms with Gasteiger partial charge in [0.05, 0.1) is 56.5 Å². The second kappa shape index (κ2) is 50.2. The maximum absolute atomic E-state index is 12.4. The van der Waals surface area contributed by atoms with Crippen molar-refractivity contribution in [2.24, 2.45) is 0 Å². The quantitative estimate of drug-likeness (QED) is 0.0269. The number of aliphatic hydroxyl groups is 1. The molecule has 4 aliphatic heterocycles. The summed E-state index contributed by atoms with van der Waals surface area (Å²) >= 11 is 10.3. The molecule has 12 aromatic rings. The van der Waals surface area contributed by atoms with Crippen molar-refractivity contribution in [3.8, 4) is 23.5 Å². The van der Waals surface area contributed by atoms with E-state index in [1.807, 2.05) is 198 Å². The summed E-state index contributed by atoms with van der Waals surface area (Å²) in [6.45, 7) is 28.8. The molecule has 0 unspecified atom stereocenters. The molecule has 12 heterocycles. The number of amides is 3. The molecule has 8 aromatic heterocycles. The first-order valence-electron chi connectivity index (χ1n) is 49.4. The van der Waals surface area contributed by atoms with Crippen LogP contribution in [-0.2, 0) is 43.9 Å². The van der Waals surface area contributed by atoms with E-state index >= 15 is 0 Å². The van der Waals surface area contributed by atoms with Crippen LogP contribution < -0.4 is 40.2 Å². The first-order chi connectivity index (χ1) is 67.7. The summed E-state index contributed by atoms with van der Waals surface area (Å²) in [5, 5.41) is 25.1. The molecule has 9 aliphatic rings. The number of carbonyl (C=O) groups is 3. The Bertz CT molecular complexity index is 6130. The fourth-order valence-corrected chi connectivity index (χ4v) is 22.0. The van der Waals surface area contributed by atoms with Crippen molar-refractivity contribution in [3.63, 3.8) is 0 Å². The van der Waals surface area contributed by atoms with Gasteiger partial charge in [-0.15, -0.1) is 12.4 Å². The molecule has 3 amide bonds. The molecule has 5 N–H and O–H groups in total. The van der Waals surface area contributed by atoms with Gasteiger partial charge in [-0.05, 0) is 252 Å². The van der Waals surface area contributed by atoms with E-state index in [1.54, 1.807) is 73.7 Å². The summed E-state index contributed by atoms with van der Waals surface area (Å²) in [6.07, 6.45) is 28.8. The number of aromatic nitrogens is 8. The first kappa shape index (κ1) is 111. The summed E-state index contributed by atoms with van der Waals surface area (Å²) in [5.41, 5.74) is 7.85. The summed E-state index contributed by atoms with van der Waals surface area (Å²) in [7, 11) is 0.686. The summed E-state index contributed by atoms with van der Waals surface area (Å²) in [5.74, 6) is 3.90. The Morgan fingerprint density at radius 2 is 0.743 bits per heavy atom. The van der Waals surface area contributed by atoms with Crippen LogP contribution in [-0.4, -0.2) is 208 Å². The number of likely N-dealkylation sites (tertiary alicyclic amines) is 1. The Labute approximate surface area is 891 Å². The van der Waals surface area contributed by atoms with Crippen LogP contribution in [0.5, 0.6) is 23.5 Å². The van der Waals surface area contributed by atoms with Crippen molar-refractivity contribution >= 4 is 166 Å². The van der Waals surface area contributed by atoms with Crippen molar-refractivity contribution in [1.29, 1.82) is 0 Å². The third-order valence-corrected chi connectivity index (χ3v) is 30.8. The smallest absolute Gasteiger partial charge is 0.474 e. The van der Waals surface area contributed by atoms with Crippen LogP contribution in [0.15, 0.2) is 192 Å². The number of carbonyl (C=O) groups excluding carboxylic acids is 3. The zero-order chi connectivity index (χ0) is 99.2. The minimum Gasteiger partial charge on any atom is -0.474 e. The zero-order valence-corrected chi connectivity index (χ0v) is 92.2. The largest absolute Gasteiger partial charge is 0.490 e. The molecule has 36 heteroatoms. The molecule has 774 valence electrons. The number of halogens is 2. The number of para-hydroxylation sites is 4.